The number of hydrogen-bond acceptors (Lipinski definition) is 5. The summed E-state index contributed by atoms with van der Waals surface area (Å²) < 4.78 is 4.81. The number of ether oxygens (including phenoxy) is 1. The summed E-state index contributed by atoms with van der Waals surface area (Å²) in [4.78, 5) is 41.5. The van der Waals surface area contributed by atoms with E-state index in [-0.39, 0.29) is 18.1 Å². The van der Waals surface area contributed by atoms with E-state index < -0.39 is 11.5 Å². The normalized spacial score (nSPS) is 10.4. The summed E-state index contributed by atoms with van der Waals surface area (Å²) in [5.74, 6) is -0.509. The van der Waals surface area contributed by atoms with Crippen molar-refractivity contribution < 1.29 is 14.3 Å². The van der Waals surface area contributed by atoms with Gasteiger partial charge in [0.15, 0.2) is 0 Å². The molecule has 0 atom stereocenters. The van der Waals surface area contributed by atoms with Crippen molar-refractivity contribution in [2.24, 2.45) is 0 Å². The first-order valence-corrected chi connectivity index (χ1v) is 6.56. The number of carbonyl (C=O) groups is 2. The van der Waals surface area contributed by atoms with Crippen molar-refractivity contribution in [1.82, 2.24) is 9.97 Å². The van der Waals surface area contributed by atoms with Gasteiger partial charge in [0.1, 0.15) is 17.0 Å². The van der Waals surface area contributed by atoms with E-state index in [1.807, 2.05) is 0 Å². The number of pyridine rings is 2. The fraction of sp³-hybridized carbons (Fsp3) is 0.286. The molecule has 0 saturated heterocycles. The number of hydrogen-bond donors (Lipinski definition) is 2. The second-order valence-electron chi connectivity index (χ2n) is 4.27. The molecule has 7 heteroatoms. The number of aromatic amines is 1. The van der Waals surface area contributed by atoms with E-state index in [9.17, 15) is 14.4 Å². The van der Waals surface area contributed by atoms with Crippen LogP contribution in [-0.4, -0.2) is 28.5 Å². The molecule has 21 heavy (non-hydrogen) atoms. The van der Waals surface area contributed by atoms with E-state index in [0.29, 0.717) is 23.3 Å². The zero-order valence-electron chi connectivity index (χ0n) is 11.7. The average molecular weight is 289 g/mol. The molecule has 0 aromatic carbocycles. The van der Waals surface area contributed by atoms with Crippen molar-refractivity contribution in [2.75, 3.05) is 11.9 Å². The highest BCUT2D eigenvalue weighted by Gasteiger charge is 2.13. The summed E-state index contributed by atoms with van der Waals surface area (Å²) in [7, 11) is 0. The van der Waals surface area contributed by atoms with Crippen LogP contribution in [0.4, 0.5) is 5.82 Å². The number of nitrogens with one attached hydrogen (secondary N) is 2. The topological polar surface area (TPSA) is 101 Å². The van der Waals surface area contributed by atoms with Gasteiger partial charge >= 0.3 is 5.97 Å². The third-order valence-corrected chi connectivity index (χ3v) is 2.79. The van der Waals surface area contributed by atoms with Crippen molar-refractivity contribution in [3.63, 3.8) is 0 Å². The first-order chi connectivity index (χ1) is 10.0. The van der Waals surface area contributed by atoms with E-state index in [4.69, 9.17) is 4.74 Å². The summed E-state index contributed by atoms with van der Waals surface area (Å²) >= 11 is 0. The zero-order valence-corrected chi connectivity index (χ0v) is 11.7. The number of aromatic nitrogens is 2. The summed E-state index contributed by atoms with van der Waals surface area (Å²) in [6.45, 7) is 3.58. The molecule has 7 nitrogen and oxygen atoms in total. The third-order valence-electron chi connectivity index (χ3n) is 2.79. The van der Waals surface area contributed by atoms with Crippen molar-refractivity contribution in [3.8, 4) is 0 Å². The number of rotatable bonds is 4. The van der Waals surface area contributed by atoms with Gasteiger partial charge in [-0.05, 0) is 25.1 Å². The Morgan fingerprint density at radius 1 is 1.33 bits per heavy atom. The monoisotopic (exact) mass is 289 g/mol. The van der Waals surface area contributed by atoms with Crippen molar-refractivity contribution in [3.05, 3.63) is 34.1 Å². The van der Waals surface area contributed by atoms with Gasteiger partial charge in [0.2, 0.25) is 5.91 Å². The van der Waals surface area contributed by atoms with E-state index in [0.717, 1.165) is 0 Å². The summed E-state index contributed by atoms with van der Waals surface area (Å²) in [5.41, 5.74) is -0.356. The second-order valence-corrected chi connectivity index (χ2v) is 4.27. The van der Waals surface area contributed by atoms with E-state index in [1.54, 1.807) is 26.0 Å². The molecule has 0 spiro atoms. The second kappa shape index (κ2) is 6.17. The largest absolute Gasteiger partial charge is 0.462 e. The van der Waals surface area contributed by atoms with Gasteiger partial charge in [-0.2, -0.15) is 0 Å². The van der Waals surface area contributed by atoms with Crippen molar-refractivity contribution in [1.29, 1.82) is 0 Å². The van der Waals surface area contributed by atoms with Crippen LogP contribution < -0.4 is 10.9 Å². The first-order valence-electron chi connectivity index (χ1n) is 6.56. The number of H-pyrrole nitrogens is 1. The van der Waals surface area contributed by atoms with Gasteiger partial charge in [0.25, 0.3) is 5.56 Å². The quantitative estimate of drug-likeness (QED) is 0.829. The Morgan fingerprint density at radius 2 is 2.10 bits per heavy atom. The van der Waals surface area contributed by atoms with Crippen molar-refractivity contribution in [2.45, 2.75) is 20.3 Å². The van der Waals surface area contributed by atoms with E-state index >= 15 is 0 Å². The van der Waals surface area contributed by atoms with Crippen LogP contribution in [0, 0.1) is 0 Å². The molecule has 0 unspecified atom stereocenters. The van der Waals surface area contributed by atoms with Gasteiger partial charge in [-0.25, -0.2) is 9.78 Å². The summed E-state index contributed by atoms with van der Waals surface area (Å²) in [6, 6.07) is 4.68. The number of amides is 1. The maximum Gasteiger partial charge on any atom is 0.343 e. The number of carbonyl (C=O) groups excluding carboxylic acids is 2. The van der Waals surface area contributed by atoms with Gasteiger partial charge in [-0.3, -0.25) is 9.59 Å². The molecule has 2 N–H and O–H groups in total. The van der Waals surface area contributed by atoms with E-state index in [2.05, 4.69) is 15.3 Å². The van der Waals surface area contributed by atoms with Crippen LogP contribution in [0.5, 0.6) is 0 Å². The van der Waals surface area contributed by atoms with Crippen LogP contribution in [0.3, 0.4) is 0 Å². The number of fused-ring (bicyclic) bond motifs is 1. The summed E-state index contributed by atoms with van der Waals surface area (Å²) in [5, 5.41) is 3.17. The summed E-state index contributed by atoms with van der Waals surface area (Å²) in [6.07, 6.45) is 0.331. The van der Waals surface area contributed by atoms with Crippen LogP contribution in [0.25, 0.3) is 11.0 Å². The zero-order chi connectivity index (χ0) is 15.4. The minimum Gasteiger partial charge on any atom is -0.462 e. The van der Waals surface area contributed by atoms with Crippen LogP contribution in [0.15, 0.2) is 23.0 Å². The Morgan fingerprint density at radius 3 is 2.76 bits per heavy atom. The number of nitrogens with zero attached hydrogens (tertiary/aromatic N) is 1. The molecule has 0 aliphatic heterocycles. The van der Waals surface area contributed by atoms with Crippen molar-refractivity contribution >= 4 is 28.7 Å². The van der Waals surface area contributed by atoms with E-state index in [1.165, 1.54) is 6.07 Å². The molecule has 0 fully saturated rings. The highest BCUT2D eigenvalue weighted by atomic mass is 16.5. The lowest BCUT2D eigenvalue weighted by atomic mass is 10.2. The Bertz CT molecular complexity index is 751. The minimum absolute atomic E-state index is 0.0727. The lowest BCUT2D eigenvalue weighted by molar-refractivity contribution is -0.115. The third kappa shape index (κ3) is 3.25. The average Bonchev–Trinajstić information content (AvgIpc) is 2.46. The SMILES string of the molecule is CCOC(=O)c1cc2ccc(NC(=O)CC)nc2[nH]c1=O. The molecule has 0 aliphatic rings. The molecule has 0 bridgehead atoms. The number of anilines is 1. The Balaban J connectivity index is 2.42. The highest BCUT2D eigenvalue weighted by Crippen LogP contribution is 2.13. The van der Waals surface area contributed by atoms with Gasteiger partial charge in [-0.1, -0.05) is 6.92 Å². The van der Waals surface area contributed by atoms with Crippen LogP contribution >= 0.6 is 0 Å². The lowest BCUT2D eigenvalue weighted by Gasteiger charge is -2.05. The standard InChI is InChI=1S/C14H15N3O4/c1-3-11(18)15-10-6-5-8-7-9(14(20)21-4-2)13(19)17-12(8)16-10/h5-7H,3-4H2,1-2H3,(H2,15,16,17,18,19). The number of esters is 1. The van der Waals surface area contributed by atoms with Gasteiger partial charge in [0, 0.05) is 11.8 Å². The Kier molecular flexibility index (Phi) is 4.32. The Hall–Kier alpha value is -2.70. The predicted octanol–water partition coefficient (Wildman–Crippen LogP) is 1.45. The molecule has 2 rings (SSSR count). The maximum absolute atomic E-state index is 11.9. The molecular weight excluding hydrogens is 274 g/mol. The highest BCUT2D eigenvalue weighted by molar-refractivity contribution is 5.94. The predicted molar refractivity (Wildman–Crippen MR) is 77.2 cm³/mol. The van der Waals surface area contributed by atoms with Gasteiger partial charge in [-0.15, -0.1) is 0 Å². The molecule has 0 saturated carbocycles. The van der Waals surface area contributed by atoms with Crippen LogP contribution in [0.1, 0.15) is 30.6 Å². The van der Waals surface area contributed by atoms with Crippen LogP contribution in [0.2, 0.25) is 0 Å². The Labute approximate surface area is 120 Å². The maximum atomic E-state index is 11.9. The minimum atomic E-state index is -0.677. The molecule has 2 aromatic rings. The first kappa shape index (κ1) is 14.7. The molecule has 1 amide bonds. The lowest BCUT2D eigenvalue weighted by Crippen LogP contribution is -2.20. The van der Waals surface area contributed by atoms with Gasteiger partial charge < -0.3 is 15.0 Å². The van der Waals surface area contributed by atoms with Crippen LogP contribution in [-0.2, 0) is 9.53 Å². The molecule has 2 aromatic heterocycles. The molecular formula is C14H15N3O4. The molecule has 2 heterocycles. The smallest absolute Gasteiger partial charge is 0.343 e. The molecule has 110 valence electrons. The molecule has 0 radical (unpaired) electrons. The fourth-order valence-corrected chi connectivity index (χ4v) is 1.74. The molecule has 0 aliphatic carbocycles. The fourth-order valence-electron chi connectivity index (χ4n) is 1.74. The van der Waals surface area contributed by atoms with Gasteiger partial charge in [0.05, 0.1) is 6.61 Å².